The van der Waals surface area contributed by atoms with Crippen molar-refractivity contribution < 1.29 is 9.53 Å². The van der Waals surface area contributed by atoms with E-state index in [-0.39, 0.29) is 12.5 Å². The SMILES string of the molecule is Cc1cccc(NC(=O)COc2ccc(/C=C(/C#N)c3nc4ccccc4[nH]3)cc2Br)c1. The zero-order valence-electron chi connectivity index (χ0n) is 17.2. The maximum absolute atomic E-state index is 12.2. The third-order valence-corrected chi connectivity index (χ3v) is 5.31. The number of imidazole rings is 1. The number of allylic oxidation sites excluding steroid dienone is 1. The Kier molecular flexibility index (Phi) is 6.34. The number of fused-ring (bicyclic) bond motifs is 1. The predicted octanol–water partition coefficient (Wildman–Crippen LogP) is 5.72. The van der Waals surface area contributed by atoms with E-state index in [1.807, 2.05) is 67.6 Å². The summed E-state index contributed by atoms with van der Waals surface area (Å²) >= 11 is 3.48. The van der Waals surface area contributed by atoms with Crippen molar-refractivity contribution in [1.29, 1.82) is 5.26 Å². The molecule has 0 bridgehead atoms. The van der Waals surface area contributed by atoms with Crippen LogP contribution in [0.2, 0.25) is 0 Å². The Labute approximate surface area is 193 Å². The normalized spacial score (nSPS) is 11.2. The molecule has 32 heavy (non-hydrogen) atoms. The van der Waals surface area contributed by atoms with Gasteiger partial charge in [0, 0.05) is 5.69 Å². The molecule has 0 unspecified atom stereocenters. The van der Waals surface area contributed by atoms with Crippen LogP contribution in [0.1, 0.15) is 17.0 Å². The molecule has 4 aromatic rings. The number of carbonyl (C=O) groups excluding carboxylic acids is 1. The van der Waals surface area contributed by atoms with Crippen LogP contribution in [0.3, 0.4) is 0 Å². The molecular formula is C25H19BrN4O2. The maximum Gasteiger partial charge on any atom is 0.262 e. The molecule has 0 spiro atoms. The fraction of sp³-hybridized carbons (Fsp3) is 0.0800. The van der Waals surface area contributed by atoms with Crippen LogP contribution >= 0.6 is 15.9 Å². The van der Waals surface area contributed by atoms with E-state index in [0.717, 1.165) is 27.8 Å². The number of nitrogens with zero attached hydrogens (tertiary/aromatic N) is 2. The minimum atomic E-state index is -0.247. The molecule has 6 nitrogen and oxygen atoms in total. The molecule has 2 N–H and O–H groups in total. The second kappa shape index (κ2) is 9.50. The van der Waals surface area contributed by atoms with E-state index in [9.17, 15) is 10.1 Å². The van der Waals surface area contributed by atoms with E-state index in [0.29, 0.717) is 21.6 Å². The molecule has 0 radical (unpaired) electrons. The summed E-state index contributed by atoms with van der Waals surface area (Å²) < 4.78 is 6.33. The summed E-state index contributed by atoms with van der Waals surface area (Å²) in [5.41, 5.74) is 4.68. The largest absolute Gasteiger partial charge is 0.483 e. The molecule has 0 fully saturated rings. The summed E-state index contributed by atoms with van der Waals surface area (Å²) in [6.45, 7) is 1.84. The van der Waals surface area contributed by atoms with Gasteiger partial charge in [0.25, 0.3) is 5.91 Å². The van der Waals surface area contributed by atoms with Crippen molar-refractivity contribution in [2.75, 3.05) is 11.9 Å². The summed E-state index contributed by atoms with van der Waals surface area (Å²) in [6.07, 6.45) is 1.75. The first-order chi connectivity index (χ1) is 15.5. The third-order valence-electron chi connectivity index (χ3n) is 4.69. The van der Waals surface area contributed by atoms with Gasteiger partial charge in [-0.15, -0.1) is 0 Å². The predicted molar refractivity (Wildman–Crippen MR) is 129 cm³/mol. The lowest BCUT2D eigenvalue weighted by Crippen LogP contribution is -2.20. The first-order valence-corrected chi connectivity index (χ1v) is 10.7. The summed E-state index contributed by atoms with van der Waals surface area (Å²) in [5, 5.41) is 12.4. The Morgan fingerprint density at radius 2 is 2.03 bits per heavy atom. The molecule has 0 saturated carbocycles. The lowest BCUT2D eigenvalue weighted by molar-refractivity contribution is -0.118. The minimum Gasteiger partial charge on any atom is -0.483 e. The van der Waals surface area contributed by atoms with Gasteiger partial charge in [-0.05, 0) is 76.5 Å². The van der Waals surface area contributed by atoms with E-state index in [4.69, 9.17) is 4.74 Å². The smallest absolute Gasteiger partial charge is 0.262 e. The highest BCUT2D eigenvalue weighted by Crippen LogP contribution is 2.28. The van der Waals surface area contributed by atoms with Crippen molar-refractivity contribution in [3.05, 3.63) is 88.2 Å². The average molecular weight is 487 g/mol. The number of carbonyl (C=O) groups is 1. The van der Waals surface area contributed by atoms with Gasteiger partial charge in [-0.25, -0.2) is 4.98 Å². The summed E-state index contributed by atoms with van der Waals surface area (Å²) in [5.74, 6) is 0.796. The van der Waals surface area contributed by atoms with E-state index in [2.05, 4.69) is 37.3 Å². The van der Waals surface area contributed by atoms with Gasteiger partial charge in [0.1, 0.15) is 17.6 Å². The van der Waals surface area contributed by atoms with Crippen molar-refractivity contribution in [2.45, 2.75) is 6.92 Å². The van der Waals surface area contributed by atoms with Gasteiger partial charge < -0.3 is 15.0 Å². The van der Waals surface area contributed by atoms with Gasteiger partial charge in [0.2, 0.25) is 0 Å². The quantitative estimate of drug-likeness (QED) is 0.341. The second-order valence-corrected chi connectivity index (χ2v) is 8.02. The first kappa shape index (κ1) is 21.3. The standard InChI is InChI=1S/C25H19BrN4O2/c1-16-5-4-6-19(11-16)28-24(31)15-32-23-10-9-17(13-20(23)26)12-18(14-27)25-29-21-7-2-3-8-22(21)30-25/h2-13H,15H2,1H3,(H,28,31)(H,29,30)/b18-12-. The lowest BCUT2D eigenvalue weighted by Gasteiger charge is -2.10. The Morgan fingerprint density at radius 3 is 2.78 bits per heavy atom. The summed E-state index contributed by atoms with van der Waals surface area (Å²) in [6, 6.07) is 22.8. The van der Waals surface area contributed by atoms with Crippen molar-refractivity contribution in [2.24, 2.45) is 0 Å². The molecule has 0 aliphatic rings. The van der Waals surface area contributed by atoms with Crippen molar-refractivity contribution in [3.8, 4) is 11.8 Å². The Balaban J connectivity index is 1.45. The van der Waals surface area contributed by atoms with E-state index >= 15 is 0 Å². The molecule has 0 saturated heterocycles. The highest BCUT2D eigenvalue weighted by atomic mass is 79.9. The molecule has 1 amide bonds. The number of nitriles is 1. The van der Waals surface area contributed by atoms with Crippen LogP contribution in [0.5, 0.6) is 5.75 Å². The summed E-state index contributed by atoms with van der Waals surface area (Å²) in [4.78, 5) is 19.8. The summed E-state index contributed by atoms with van der Waals surface area (Å²) in [7, 11) is 0. The number of rotatable bonds is 6. The molecule has 7 heteroatoms. The maximum atomic E-state index is 12.2. The number of aromatic amines is 1. The Bertz CT molecular complexity index is 1330. The highest BCUT2D eigenvalue weighted by Gasteiger charge is 2.10. The van der Waals surface area contributed by atoms with Gasteiger partial charge in [-0.3, -0.25) is 4.79 Å². The number of para-hydroxylation sites is 2. The monoisotopic (exact) mass is 486 g/mol. The first-order valence-electron chi connectivity index (χ1n) is 9.87. The van der Waals surface area contributed by atoms with Gasteiger partial charge in [-0.1, -0.05) is 30.3 Å². The van der Waals surface area contributed by atoms with Gasteiger partial charge in [0.05, 0.1) is 21.1 Å². The number of halogens is 1. The fourth-order valence-corrected chi connectivity index (χ4v) is 3.70. The molecule has 4 rings (SSSR count). The molecule has 0 atom stereocenters. The number of amides is 1. The van der Waals surface area contributed by atoms with Crippen LogP contribution < -0.4 is 10.1 Å². The third kappa shape index (κ3) is 5.05. The second-order valence-electron chi connectivity index (χ2n) is 7.17. The average Bonchev–Trinajstić information content (AvgIpc) is 3.21. The van der Waals surface area contributed by atoms with Gasteiger partial charge in [0.15, 0.2) is 6.61 Å². The van der Waals surface area contributed by atoms with Crippen LogP contribution in [0.15, 0.2) is 71.2 Å². The van der Waals surface area contributed by atoms with Gasteiger partial charge >= 0.3 is 0 Å². The minimum absolute atomic E-state index is 0.121. The Morgan fingerprint density at radius 1 is 1.19 bits per heavy atom. The molecule has 1 heterocycles. The van der Waals surface area contributed by atoms with E-state index < -0.39 is 0 Å². The fourth-order valence-electron chi connectivity index (χ4n) is 3.19. The number of benzene rings is 3. The van der Waals surface area contributed by atoms with E-state index in [1.54, 1.807) is 12.1 Å². The van der Waals surface area contributed by atoms with Crippen LogP contribution in [0.25, 0.3) is 22.7 Å². The van der Waals surface area contributed by atoms with Crippen LogP contribution in [-0.4, -0.2) is 22.5 Å². The number of aryl methyl sites for hydroxylation is 1. The van der Waals surface area contributed by atoms with Crippen molar-refractivity contribution >= 4 is 50.2 Å². The molecule has 1 aromatic heterocycles. The van der Waals surface area contributed by atoms with Crippen LogP contribution in [-0.2, 0) is 4.79 Å². The number of aromatic nitrogens is 2. The number of hydrogen-bond donors (Lipinski definition) is 2. The van der Waals surface area contributed by atoms with Gasteiger partial charge in [-0.2, -0.15) is 5.26 Å². The number of ether oxygens (including phenoxy) is 1. The molecule has 3 aromatic carbocycles. The number of hydrogen-bond acceptors (Lipinski definition) is 4. The van der Waals surface area contributed by atoms with E-state index in [1.165, 1.54) is 0 Å². The highest BCUT2D eigenvalue weighted by molar-refractivity contribution is 9.10. The molecule has 0 aliphatic carbocycles. The van der Waals surface area contributed by atoms with Crippen LogP contribution in [0, 0.1) is 18.3 Å². The topological polar surface area (TPSA) is 90.8 Å². The number of anilines is 1. The number of H-pyrrole nitrogens is 1. The zero-order chi connectivity index (χ0) is 22.5. The zero-order valence-corrected chi connectivity index (χ0v) is 18.8. The van der Waals surface area contributed by atoms with Crippen molar-refractivity contribution in [1.82, 2.24) is 9.97 Å². The van der Waals surface area contributed by atoms with Crippen molar-refractivity contribution in [3.63, 3.8) is 0 Å². The Hall–Kier alpha value is -3.89. The molecule has 0 aliphatic heterocycles. The van der Waals surface area contributed by atoms with Crippen LogP contribution in [0.4, 0.5) is 5.69 Å². The number of nitrogens with one attached hydrogen (secondary N) is 2. The molecule has 158 valence electrons. The molecular weight excluding hydrogens is 468 g/mol. The lowest BCUT2D eigenvalue weighted by atomic mass is 10.1.